The van der Waals surface area contributed by atoms with Crippen molar-refractivity contribution >= 4 is 11.8 Å². The van der Waals surface area contributed by atoms with Crippen LogP contribution in [-0.2, 0) is 9.59 Å². The molecule has 0 saturated carbocycles. The Morgan fingerprint density at radius 2 is 1.91 bits per heavy atom. The van der Waals surface area contributed by atoms with Crippen molar-refractivity contribution in [1.29, 1.82) is 0 Å². The van der Waals surface area contributed by atoms with E-state index in [9.17, 15) is 9.59 Å². The van der Waals surface area contributed by atoms with Gasteiger partial charge in [0.1, 0.15) is 18.4 Å². The van der Waals surface area contributed by atoms with Crippen LogP contribution in [0, 0.1) is 5.92 Å². The Morgan fingerprint density at radius 1 is 1.15 bits per heavy atom. The fourth-order valence-corrected chi connectivity index (χ4v) is 4.29. The van der Waals surface area contributed by atoms with Gasteiger partial charge in [0.05, 0.1) is 30.7 Å². The Kier molecular flexibility index (Phi) is 7.57. The molecular formula is C26H31N5O3. The fourth-order valence-electron chi connectivity index (χ4n) is 4.29. The van der Waals surface area contributed by atoms with Gasteiger partial charge in [-0.2, -0.15) is 5.10 Å². The molecular weight excluding hydrogens is 430 g/mol. The Balaban J connectivity index is 1.30. The van der Waals surface area contributed by atoms with Crippen LogP contribution in [0.5, 0.6) is 5.75 Å². The number of para-hydroxylation sites is 1. The zero-order valence-electron chi connectivity index (χ0n) is 19.7. The van der Waals surface area contributed by atoms with Gasteiger partial charge >= 0.3 is 0 Å². The van der Waals surface area contributed by atoms with E-state index < -0.39 is 0 Å². The van der Waals surface area contributed by atoms with Gasteiger partial charge in [-0.15, -0.1) is 0 Å². The van der Waals surface area contributed by atoms with Gasteiger partial charge in [-0.25, -0.2) is 9.67 Å². The van der Waals surface area contributed by atoms with Gasteiger partial charge in [0.25, 0.3) is 0 Å². The zero-order valence-corrected chi connectivity index (χ0v) is 19.7. The van der Waals surface area contributed by atoms with Crippen molar-refractivity contribution in [2.75, 3.05) is 26.7 Å². The molecule has 1 fully saturated rings. The highest BCUT2D eigenvalue weighted by atomic mass is 16.5. The maximum absolute atomic E-state index is 13.3. The van der Waals surface area contributed by atoms with Crippen LogP contribution in [-0.4, -0.2) is 63.1 Å². The third-order valence-corrected chi connectivity index (χ3v) is 6.44. The largest absolute Gasteiger partial charge is 0.493 e. The maximum atomic E-state index is 13.3. The Labute approximate surface area is 200 Å². The number of rotatable bonds is 8. The minimum Gasteiger partial charge on any atom is -0.493 e. The highest BCUT2D eigenvalue weighted by Crippen LogP contribution is 2.25. The number of amides is 2. The van der Waals surface area contributed by atoms with Crippen LogP contribution in [0.15, 0.2) is 67.3 Å². The van der Waals surface area contributed by atoms with Crippen LogP contribution in [0.1, 0.15) is 37.8 Å². The van der Waals surface area contributed by atoms with E-state index in [1.165, 1.54) is 6.33 Å². The summed E-state index contributed by atoms with van der Waals surface area (Å²) in [6, 6.07) is 17.4. The summed E-state index contributed by atoms with van der Waals surface area (Å²) in [5.74, 6) is 0.681. The second kappa shape index (κ2) is 11.0. The summed E-state index contributed by atoms with van der Waals surface area (Å²) in [6.45, 7) is 3.51. The van der Waals surface area contributed by atoms with Crippen LogP contribution in [0.3, 0.4) is 0 Å². The molecule has 1 saturated heterocycles. The molecule has 0 N–H and O–H groups in total. The van der Waals surface area contributed by atoms with Crippen molar-refractivity contribution in [3.63, 3.8) is 0 Å². The Morgan fingerprint density at radius 3 is 2.62 bits per heavy atom. The van der Waals surface area contributed by atoms with E-state index in [1.54, 1.807) is 15.9 Å². The molecule has 1 aliphatic heterocycles. The number of nitrogens with zero attached hydrogens (tertiary/aromatic N) is 5. The molecule has 0 bridgehead atoms. The van der Waals surface area contributed by atoms with E-state index in [1.807, 2.05) is 73.5 Å². The maximum Gasteiger partial charge on any atom is 0.227 e. The van der Waals surface area contributed by atoms with E-state index in [0.717, 1.165) is 29.8 Å². The highest BCUT2D eigenvalue weighted by molar-refractivity contribution is 5.81. The number of carbonyl (C=O) groups excluding carboxylic acids is 2. The Hall–Kier alpha value is -3.68. The lowest BCUT2D eigenvalue weighted by molar-refractivity contribution is -0.141. The van der Waals surface area contributed by atoms with Crippen LogP contribution in [0.2, 0.25) is 0 Å². The van der Waals surface area contributed by atoms with Gasteiger partial charge in [-0.3, -0.25) is 9.59 Å². The molecule has 34 heavy (non-hydrogen) atoms. The number of ether oxygens (including phenoxy) is 1. The first kappa shape index (κ1) is 23.5. The summed E-state index contributed by atoms with van der Waals surface area (Å²) < 4.78 is 7.36. The number of benzene rings is 2. The second-order valence-electron chi connectivity index (χ2n) is 8.65. The normalized spacial score (nSPS) is 16.6. The predicted molar refractivity (Wildman–Crippen MR) is 128 cm³/mol. The molecule has 0 radical (unpaired) electrons. The summed E-state index contributed by atoms with van der Waals surface area (Å²) in [5, 5.41) is 4.14. The number of aromatic nitrogens is 3. The van der Waals surface area contributed by atoms with Crippen molar-refractivity contribution in [2.24, 2.45) is 5.92 Å². The molecule has 0 spiro atoms. The first-order chi connectivity index (χ1) is 16.5. The highest BCUT2D eigenvalue weighted by Gasteiger charge is 2.31. The Bertz CT molecular complexity index is 1070. The van der Waals surface area contributed by atoms with Crippen LogP contribution >= 0.6 is 0 Å². The van der Waals surface area contributed by atoms with Gasteiger partial charge in [-0.05, 0) is 49.6 Å². The van der Waals surface area contributed by atoms with E-state index >= 15 is 0 Å². The minimum absolute atomic E-state index is 0.0350. The van der Waals surface area contributed by atoms with Crippen molar-refractivity contribution < 1.29 is 14.3 Å². The molecule has 1 aromatic heterocycles. The molecule has 2 unspecified atom stereocenters. The van der Waals surface area contributed by atoms with Crippen molar-refractivity contribution in [3.05, 3.63) is 72.8 Å². The first-order valence-electron chi connectivity index (χ1n) is 11.7. The van der Waals surface area contributed by atoms with Gasteiger partial charge < -0.3 is 14.5 Å². The number of hydrogen-bond acceptors (Lipinski definition) is 5. The number of carbonyl (C=O) groups is 2. The summed E-state index contributed by atoms with van der Waals surface area (Å²) in [5.41, 5.74) is 1.96. The summed E-state index contributed by atoms with van der Waals surface area (Å²) in [7, 11) is 1.84. The molecule has 4 rings (SSSR count). The lowest BCUT2D eigenvalue weighted by Crippen LogP contribution is -2.46. The predicted octanol–water partition coefficient (Wildman–Crippen LogP) is 3.49. The van der Waals surface area contributed by atoms with Gasteiger partial charge in [0.2, 0.25) is 11.8 Å². The number of likely N-dealkylation sites (tertiary alicyclic amines) is 1. The summed E-state index contributed by atoms with van der Waals surface area (Å²) in [6.07, 6.45) is 5.08. The lowest BCUT2D eigenvalue weighted by Gasteiger charge is -2.36. The third kappa shape index (κ3) is 5.62. The summed E-state index contributed by atoms with van der Waals surface area (Å²) >= 11 is 0. The van der Waals surface area contributed by atoms with Crippen molar-refractivity contribution in [1.82, 2.24) is 24.6 Å². The molecule has 3 aromatic rings. The smallest absolute Gasteiger partial charge is 0.227 e. The molecule has 2 amide bonds. The fraction of sp³-hybridized carbons (Fsp3) is 0.385. The molecule has 1 aliphatic rings. The minimum atomic E-state index is -0.186. The van der Waals surface area contributed by atoms with Crippen LogP contribution in [0.4, 0.5) is 0 Å². The van der Waals surface area contributed by atoms with Crippen molar-refractivity contribution in [2.45, 2.75) is 32.2 Å². The first-order valence-corrected chi connectivity index (χ1v) is 11.7. The van der Waals surface area contributed by atoms with Gasteiger partial charge in [0, 0.05) is 20.1 Å². The van der Waals surface area contributed by atoms with E-state index in [2.05, 4.69) is 10.1 Å². The zero-order chi connectivity index (χ0) is 23.9. The molecule has 2 aromatic carbocycles. The van der Waals surface area contributed by atoms with Crippen LogP contribution < -0.4 is 4.74 Å². The second-order valence-corrected chi connectivity index (χ2v) is 8.65. The van der Waals surface area contributed by atoms with E-state index in [0.29, 0.717) is 26.1 Å². The molecule has 178 valence electrons. The standard InChI is InChI=1S/C26H31N5O3/c1-20(21-10-12-23(13-11-21)31-19-27-18-28-31)29(2)26(33)22-7-6-15-30(17-22)25(32)14-16-34-24-8-4-3-5-9-24/h3-5,8-13,18-20,22H,6-7,14-17H2,1-2H3. The van der Waals surface area contributed by atoms with E-state index in [-0.39, 0.29) is 23.8 Å². The summed E-state index contributed by atoms with van der Waals surface area (Å²) in [4.78, 5) is 33.6. The SMILES string of the molecule is CC(c1ccc(-n2cncn2)cc1)N(C)C(=O)C1CCCN(C(=O)CCOc2ccccc2)C1. The topological polar surface area (TPSA) is 80.6 Å². The van der Waals surface area contributed by atoms with E-state index in [4.69, 9.17) is 4.74 Å². The average molecular weight is 462 g/mol. The molecule has 8 heteroatoms. The molecule has 0 aliphatic carbocycles. The van der Waals surface area contributed by atoms with Gasteiger partial charge in [0.15, 0.2) is 0 Å². The third-order valence-electron chi connectivity index (χ3n) is 6.44. The van der Waals surface area contributed by atoms with Crippen molar-refractivity contribution in [3.8, 4) is 11.4 Å². The lowest BCUT2D eigenvalue weighted by atomic mass is 9.95. The molecule has 2 heterocycles. The molecule has 8 nitrogen and oxygen atoms in total. The quantitative estimate of drug-likeness (QED) is 0.513. The molecule has 2 atom stereocenters. The van der Waals surface area contributed by atoms with Gasteiger partial charge in [-0.1, -0.05) is 30.3 Å². The number of piperidine rings is 1. The number of hydrogen-bond donors (Lipinski definition) is 0. The monoisotopic (exact) mass is 461 g/mol. The van der Waals surface area contributed by atoms with Crippen LogP contribution in [0.25, 0.3) is 5.69 Å². The average Bonchev–Trinajstić information content (AvgIpc) is 3.43.